The molecule has 0 bridgehead atoms. The third kappa shape index (κ3) is 5.50. The normalized spacial score (nSPS) is 17.1. The molecule has 1 saturated heterocycles. The van der Waals surface area contributed by atoms with Gasteiger partial charge in [0.15, 0.2) is 0 Å². The molecule has 0 aromatic heterocycles. The minimum absolute atomic E-state index is 0.00435. The van der Waals surface area contributed by atoms with Gasteiger partial charge in [0.1, 0.15) is 0 Å². The fourth-order valence-electron chi connectivity index (χ4n) is 3.34. The van der Waals surface area contributed by atoms with Crippen molar-refractivity contribution in [2.45, 2.75) is 25.6 Å². The summed E-state index contributed by atoms with van der Waals surface area (Å²) in [5, 5.41) is 3.23. The van der Waals surface area contributed by atoms with Crippen LogP contribution in [-0.2, 0) is 17.5 Å². The van der Waals surface area contributed by atoms with Gasteiger partial charge in [-0.05, 0) is 54.8 Å². The van der Waals surface area contributed by atoms with E-state index in [1.54, 1.807) is 29.2 Å². The van der Waals surface area contributed by atoms with E-state index in [9.17, 15) is 22.8 Å². The van der Waals surface area contributed by atoms with Crippen LogP contribution in [0.3, 0.4) is 0 Å². The Balaban J connectivity index is 1.58. The summed E-state index contributed by atoms with van der Waals surface area (Å²) >= 11 is 5.85. The molecule has 0 spiro atoms. The maximum atomic E-state index is 12.8. The lowest BCUT2D eigenvalue weighted by molar-refractivity contribution is -0.137. The lowest BCUT2D eigenvalue weighted by Gasteiger charge is -2.32. The SMILES string of the molecule is O=C(NCc1cccc(C(F)(F)F)c1)[C@@H]1CCCN(C(=O)c2ccc(Cl)cc2)C1. The first kappa shape index (κ1) is 21.2. The van der Waals surface area contributed by atoms with Crippen molar-refractivity contribution in [3.05, 3.63) is 70.2 Å². The van der Waals surface area contributed by atoms with Crippen LogP contribution in [0.2, 0.25) is 5.02 Å². The molecule has 1 fully saturated rings. The van der Waals surface area contributed by atoms with Gasteiger partial charge in [-0.1, -0.05) is 23.7 Å². The molecule has 0 saturated carbocycles. The average Bonchev–Trinajstić information content (AvgIpc) is 2.72. The Hall–Kier alpha value is -2.54. The van der Waals surface area contributed by atoms with E-state index < -0.39 is 17.7 Å². The summed E-state index contributed by atoms with van der Waals surface area (Å²) in [5.74, 6) is -0.834. The van der Waals surface area contributed by atoms with Crippen LogP contribution in [0.5, 0.6) is 0 Å². The van der Waals surface area contributed by atoms with Crippen LogP contribution in [0.4, 0.5) is 13.2 Å². The fourth-order valence-corrected chi connectivity index (χ4v) is 3.47. The molecule has 1 heterocycles. The summed E-state index contributed by atoms with van der Waals surface area (Å²) in [7, 11) is 0. The molecule has 1 atom stereocenters. The van der Waals surface area contributed by atoms with E-state index in [0.29, 0.717) is 35.5 Å². The second-order valence-electron chi connectivity index (χ2n) is 7.01. The molecule has 1 aliphatic heterocycles. The van der Waals surface area contributed by atoms with Gasteiger partial charge < -0.3 is 10.2 Å². The van der Waals surface area contributed by atoms with Crippen molar-refractivity contribution in [2.75, 3.05) is 13.1 Å². The molecule has 1 aliphatic rings. The summed E-state index contributed by atoms with van der Waals surface area (Å²) in [6.45, 7) is 0.832. The highest BCUT2D eigenvalue weighted by molar-refractivity contribution is 6.30. The molecule has 29 heavy (non-hydrogen) atoms. The van der Waals surface area contributed by atoms with Crippen LogP contribution in [0.25, 0.3) is 0 Å². The van der Waals surface area contributed by atoms with Crippen LogP contribution >= 0.6 is 11.6 Å². The number of carbonyl (C=O) groups is 2. The van der Waals surface area contributed by atoms with Crippen LogP contribution in [0, 0.1) is 5.92 Å². The number of hydrogen-bond donors (Lipinski definition) is 1. The van der Waals surface area contributed by atoms with Crippen molar-refractivity contribution in [1.82, 2.24) is 10.2 Å². The first-order chi connectivity index (χ1) is 13.7. The van der Waals surface area contributed by atoms with E-state index in [-0.39, 0.29) is 24.9 Å². The zero-order valence-corrected chi connectivity index (χ0v) is 16.3. The zero-order chi connectivity index (χ0) is 21.0. The Kier molecular flexibility index (Phi) is 6.47. The van der Waals surface area contributed by atoms with Gasteiger partial charge in [0.2, 0.25) is 5.91 Å². The largest absolute Gasteiger partial charge is 0.416 e. The van der Waals surface area contributed by atoms with Gasteiger partial charge in [0.05, 0.1) is 11.5 Å². The van der Waals surface area contributed by atoms with Crippen molar-refractivity contribution in [2.24, 2.45) is 5.92 Å². The molecule has 0 aliphatic carbocycles. The van der Waals surface area contributed by atoms with Crippen molar-refractivity contribution < 1.29 is 22.8 Å². The number of likely N-dealkylation sites (tertiary alicyclic amines) is 1. The lowest BCUT2D eigenvalue weighted by Crippen LogP contribution is -2.45. The number of nitrogens with one attached hydrogen (secondary N) is 1. The summed E-state index contributed by atoms with van der Waals surface area (Å²) in [6.07, 6.45) is -3.12. The highest BCUT2D eigenvalue weighted by atomic mass is 35.5. The molecule has 4 nitrogen and oxygen atoms in total. The van der Waals surface area contributed by atoms with E-state index in [0.717, 1.165) is 12.1 Å². The predicted octanol–water partition coefficient (Wildman–Crippen LogP) is 4.53. The Labute approximate surface area is 171 Å². The number of carbonyl (C=O) groups excluding carboxylic acids is 2. The molecule has 1 N–H and O–H groups in total. The van der Waals surface area contributed by atoms with Crippen molar-refractivity contribution in [3.63, 3.8) is 0 Å². The second-order valence-corrected chi connectivity index (χ2v) is 7.45. The summed E-state index contributed by atoms with van der Waals surface area (Å²) in [5.41, 5.74) is 0.124. The number of benzene rings is 2. The van der Waals surface area contributed by atoms with E-state index in [4.69, 9.17) is 11.6 Å². The van der Waals surface area contributed by atoms with Gasteiger partial charge in [-0.25, -0.2) is 0 Å². The quantitative estimate of drug-likeness (QED) is 0.784. The maximum Gasteiger partial charge on any atom is 0.416 e. The van der Waals surface area contributed by atoms with Crippen LogP contribution in [-0.4, -0.2) is 29.8 Å². The van der Waals surface area contributed by atoms with Crippen LogP contribution < -0.4 is 5.32 Å². The topological polar surface area (TPSA) is 49.4 Å². The van der Waals surface area contributed by atoms with Crippen LogP contribution in [0.15, 0.2) is 48.5 Å². The lowest BCUT2D eigenvalue weighted by atomic mass is 9.96. The van der Waals surface area contributed by atoms with Gasteiger partial charge in [0.25, 0.3) is 5.91 Å². The average molecular weight is 425 g/mol. The van der Waals surface area contributed by atoms with Gasteiger partial charge in [-0.2, -0.15) is 13.2 Å². The summed E-state index contributed by atoms with van der Waals surface area (Å²) in [6, 6.07) is 11.4. The maximum absolute atomic E-state index is 12.8. The number of amides is 2. The Morgan fingerprint density at radius 3 is 2.55 bits per heavy atom. The van der Waals surface area contributed by atoms with E-state index >= 15 is 0 Å². The smallest absolute Gasteiger partial charge is 0.352 e. The first-order valence-electron chi connectivity index (χ1n) is 9.23. The Morgan fingerprint density at radius 2 is 1.86 bits per heavy atom. The molecule has 3 rings (SSSR count). The molecule has 8 heteroatoms. The van der Waals surface area contributed by atoms with Gasteiger partial charge in [0, 0.05) is 30.2 Å². The molecule has 154 valence electrons. The Bertz CT molecular complexity index is 884. The summed E-state index contributed by atoms with van der Waals surface area (Å²) < 4.78 is 38.4. The summed E-state index contributed by atoms with van der Waals surface area (Å²) in [4.78, 5) is 26.8. The molecular weight excluding hydrogens is 405 g/mol. The van der Waals surface area contributed by atoms with Gasteiger partial charge in [-0.3, -0.25) is 9.59 Å². The first-order valence-corrected chi connectivity index (χ1v) is 9.60. The van der Waals surface area contributed by atoms with Gasteiger partial charge >= 0.3 is 6.18 Å². The fraction of sp³-hybridized carbons (Fsp3) is 0.333. The van der Waals surface area contributed by atoms with E-state index in [1.807, 2.05) is 0 Å². The third-order valence-electron chi connectivity index (χ3n) is 4.89. The number of nitrogens with zero attached hydrogens (tertiary/aromatic N) is 1. The molecule has 0 radical (unpaired) electrons. The number of piperidine rings is 1. The molecular formula is C21H20ClF3N2O2. The number of halogens is 4. The highest BCUT2D eigenvalue weighted by Crippen LogP contribution is 2.29. The van der Waals surface area contributed by atoms with Crippen molar-refractivity contribution in [1.29, 1.82) is 0 Å². The Morgan fingerprint density at radius 1 is 1.14 bits per heavy atom. The monoisotopic (exact) mass is 424 g/mol. The molecule has 2 aromatic rings. The third-order valence-corrected chi connectivity index (χ3v) is 5.14. The standard InChI is InChI=1S/C21H20ClF3N2O2/c22-18-8-6-15(7-9-18)20(29)27-10-2-4-16(13-27)19(28)26-12-14-3-1-5-17(11-14)21(23,24)25/h1,3,5-9,11,16H,2,4,10,12-13H2,(H,26,28)/t16-/m1/s1. The second kappa shape index (κ2) is 8.86. The predicted molar refractivity (Wildman–Crippen MR) is 103 cm³/mol. The molecule has 2 aromatic carbocycles. The minimum Gasteiger partial charge on any atom is -0.352 e. The van der Waals surface area contributed by atoms with Crippen molar-refractivity contribution >= 4 is 23.4 Å². The van der Waals surface area contributed by atoms with Gasteiger partial charge in [-0.15, -0.1) is 0 Å². The van der Waals surface area contributed by atoms with E-state index in [1.165, 1.54) is 12.1 Å². The molecule has 2 amide bonds. The minimum atomic E-state index is -4.42. The van der Waals surface area contributed by atoms with E-state index in [2.05, 4.69) is 5.32 Å². The van der Waals surface area contributed by atoms with Crippen molar-refractivity contribution in [3.8, 4) is 0 Å². The van der Waals surface area contributed by atoms with Crippen LogP contribution in [0.1, 0.15) is 34.3 Å². The number of hydrogen-bond acceptors (Lipinski definition) is 2. The molecule has 0 unspecified atom stereocenters. The highest BCUT2D eigenvalue weighted by Gasteiger charge is 2.31. The zero-order valence-electron chi connectivity index (χ0n) is 15.5. The number of rotatable bonds is 4. The number of alkyl halides is 3.